The van der Waals surface area contributed by atoms with Gasteiger partial charge in [0.25, 0.3) is 0 Å². The van der Waals surface area contributed by atoms with Gasteiger partial charge >= 0.3 is 0 Å². The molecule has 13 heavy (non-hydrogen) atoms. The molecule has 0 bridgehead atoms. The molecule has 0 amide bonds. The quantitative estimate of drug-likeness (QED) is 0.650. The Balaban J connectivity index is 3.27. The van der Waals surface area contributed by atoms with Crippen molar-refractivity contribution < 1.29 is 14.7 Å². The number of rotatable bonds is 2. The van der Waals surface area contributed by atoms with E-state index in [-0.39, 0.29) is 22.9 Å². The van der Waals surface area contributed by atoms with E-state index in [0.29, 0.717) is 5.56 Å². The van der Waals surface area contributed by atoms with Crippen LogP contribution >= 0.6 is 0 Å². The van der Waals surface area contributed by atoms with E-state index in [1.54, 1.807) is 0 Å². The molecular weight excluding hydrogens is 168 g/mol. The van der Waals surface area contributed by atoms with Crippen LogP contribution in [0.3, 0.4) is 0 Å². The Labute approximate surface area is 76.0 Å². The minimum Gasteiger partial charge on any atom is -0.295 e. The van der Waals surface area contributed by atoms with Crippen LogP contribution in [-0.2, 0) is 5.11 Å². The first-order chi connectivity index (χ1) is 6.02. The van der Waals surface area contributed by atoms with E-state index in [1.807, 2.05) is 0 Å². The molecule has 0 spiro atoms. The predicted octanol–water partition coefficient (Wildman–Crippen LogP) is 2.24. The van der Waals surface area contributed by atoms with Crippen LogP contribution in [0.15, 0.2) is 18.2 Å². The Morgan fingerprint density at radius 1 is 1.08 bits per heavy atom. The maximum atomic E-state index is 11.1. The van der Waals surface area contributed by atoms with Crippen LogP contribution in [-0.4, -0.2) is 11.6 Å². The number of ketones is 2. The Hall–Kier alpha value is -1.64. The van der Waals surface area contributed by atoms with Crippen molar-refractivity contribution in [1.29, 1.82) is 0 Å². The van der Waals surface area contributed by atoms with Crippen molar-refractivity contribution in [3.63, 3.8) is 0 Å². The van der Waals surface area contributed by atoms with Gasteiger partial charge in [-0.05, 0) is 32.0 Å². The van der Waals surface area contributed by atoms with E-state index in [2.05, 4.69) is 0 Å². The van der Waals surface area contributed by atoms with Crippen LogP contribution in [0.25, 0.3) is 0 Å². The summed E-state index contributed by atoms with van der Waals surface area (Å²) >= 11 is 0. The SMILES string of the molecule is CC(=O)c1ccc([O])c(C(C)=O)c1. The summed E-state index contributed by atoms with van der Waals surface area (Å²) in [6.07, 6.45) is 0. The lowest BCUT2D eigenvalue weighted by molar-refractivity contribution is 0.101. The average Bonchev–Trinajstić information content (AvgIpc) is 2.04. The maximum absolute atomic E-state index is 11.1. The van der Waals surface area contributed by atoms with E-state index in [1.165, 1.54) is 32.0 Å². The minimum atomic E-state index is -0.336. The van der Waals surface area contributed by atoms with Crippen LogP contribution in [0.5, 0.6) is 5.75 Å². The van der Waals surface area contributed by atoms with Gasteiger partial charge < -0.3 is 0 Å². The van der Waals surface area contributed by atoms with E-state index in [4.69, 9.17) is 0 Å². The minimum absolute atomic E-state index is 0.0766. The summed E-state index contributed by atoms with van der Waals surface area (Å²) in [6, 6.07) is 4.01. The lowest BCUT2D eigenvalue weighted by Gasteiger charge is -1.99. The van der Waals surface area contributed by atoms with Crippen LogP contribution < -0.4 is 0 Å². The molecule has 67 valence electrons. The predicted molar refractivity (Wildman–Crippen MR) is 46.6 cm³/mol. The zero-order valence-corrected chi connectivity index (χ0v) is 7.46. The lowest BCUT2D eigenvalue weighted by Crippen LogP contribution is -1.97. The molecule has 0 aromatic heterocycles. The topological polar surface area (TPSA) is 54.0 Å². The van der Waals surface area contributed by atoms with Crippen molar-refractivity contribution in [2.45, 2.75) is 13.8 Å². The van der Waals surface area contributed by atoms with Crippen molar-refractivity contribution in [3.8, 4) is 5.75 Å². The van der Waals surface area contributed by atoms with Gasteiger partial charge in [0.2, 0.25) is 0 Å². The molecular formula is C10H9O3. The van der Waals surface area contributed by atoms with Crippen molar-refractivity contribution in [2.75, 3.05) is 0 Å². The summed E-state index contributed by atoms with van der Waals surface area (Å²) in [7, 11) is 0. The number of benzene rings is 1. The molecule has 0 saturated heterocycles. The van der Waals surface area contributed by atoms with E-state index < -0.39 is 0 Å². The molecule has 0 N–H and O–H groups in total. The number of Topliss-reactive ketones (excluding diaryl/α,β-unsaturated/α-hetero) is 2. The average molecular weight is 177 g/mol. The number of carbonyl (C=O) groups excluding carboxylic acids is 2. The molecule has 0 aliphatic heterocycles. The standard InChI is InChI=1S/C10H9O3/c1-6(11)8-3-4-10(13)9(5-8)7(2)12/h3-5H,1-2H3. The molecule has 0 aliphatic rings. The molecule has 1 rings (SSSR count). The lowest BCUT2D eigenvalue weighted by atomic mass is 10.0. The summed E-state index contributed by atoms with van der Waals surface area (Å²) < 4.78 is 0. The molecule has 0 heterocycles. The highest BCUT2D eigenvalue weighted by Gasteiger charge is 2.10. The zero-order valence-electron chi connectivity index (χ0n) is 7.46. The molecule has 1 aromatic rings. The molecule has 0 saturated carbocycles. The fraction of sp³-hybridized carbons (Fsp3) is 0.200. The zero-order chi connectivity index (χ0) is 10.0. The molecule has 1 radical (unpaired) electrons. The first-order valence-corrected chi connectivity index (χ1v) is 3.85. The molecule has 3 nitrogen and oxygen atoms in total. The van der Waals surface area contributed by atoms with E-state index in [9.17, 15) is 14.7 Å². The first kappa shape index (κ1) is 9.45. The third-order valence-corrected chi connectivity index (χ3v) is 1.77. The van der Waals surface area contributed by atoms with Crippen molar-refractivity contribution in [1.82, 2.24) is 0 Å². The third kappa shape index (κ3) is 1.93. The van der Waals surface area contributed by atoms with Gasteiger partial charge in [0, 0.05) is 5.56 Å². The maximum Gasteiger partial charge on any atom is 0.189 e. The largest absolute Gasteiger partial charge is 0.295 e. The van der Waals surface area contributed by atoms with Crippen molar-refractivity contribution in [2.24, 2.45) is 0 Å². The van der Waals surface area contributed by atoms with Gasteiger partial charge in [-0.25, -0.2) is 0 Å². The van der Waals surface area contributed by atoms with Crippen LogP contribution in [0.4, 0.5) is 0 Å². The second-order valence-electron chi connectivity index (χ2n) is 2.82. The summed E-state index contributed by atoms with van der Waals surface area (Å²) in [5.41, 5.74) is 0.470. The van der Waals surface area contributed by atoms with Gasteiger partial charge in [-0.2, -0.15) is 0 Å². The molecule has 0 unspecified atom stereocenters. The fourth-order valence-corrected chi connectivity index (χ4v) is 1.02. The summed E-state index contributed by atoms with van der Waals surface area (Å²) in [5.74, 6) is -0.798. The van der Waals surface area contributed by atoms with Crippen molar-refractivity contribution in [3.05, 3.63) is 29.3 Å². The van der Waals surface area contributed by atoms with Gasteiger partial charge in [0.05, 0.1) is 5.56 Å². The van der Waals surface area contributed by atoms with Crippen LogP contribution in [0, 0.1) is 0 Å². The first-order valence-electron chi connectivity index (χ1n) is 3.85. The Kier molecular flexibility index (Phi) is 2.46. The normalized spacial score (nSPS) is 9.69. The number of carbonyl (C=O) groups is 2. The monoisotopic (exact) mass is 177 g/mol. The molecule has 0 fully saturated rings. The highest BCUT2D eigenvalue weighted by molar-refractivity contribution is 6.01. The second kappa shape index (κ2) is 3.39. The van der Waals surface area contributed by atoms with Gasteiger partial charge in [-0.15, -0.1) is 0 Å². The summed E-state index contributed by atoms with van der Waals surface area (Å²) in [5, 5.41) is 11.1. The summed E-state index contributed by atoms with van der Waals surface area (Å²) in [4.78, 5) is 21.8. The van der Waals surface area contributed by atoms with Gasteiger partial charge in [-0.3, -0.25) is 14.7 Å². The third-order valence-electron chi connectivity index (χ3n) is 1.77. The Bertz CT molecular complexity index is 366. The second-order valence-corrected chi connectivity index (χ2v) is 2.82. The van der Waals surface area contributed by atoms with Crippen LogP contribution in [0.1, 0.15) is 34.6 Å². The Morgan fingerprint density at radius 3 is 2.15 bits per heavy atom. The molecule has 3 heteroatoms. The highest BCUT2D eigenvalue weighted by atomic mass is 16.3. The molecule has 0 atom stereocenters. The molecule has 1 aromatic carbocycles. The van der Waals surface area contributed by atoms with E-state index >= 15 is 0 Å². The fourth-order valence-electron chi connectivity index (χ4n) is 1.02. The van der Waals surface area contributed by atoms with Gasteiger partial charge in [0.1, 0.15) is 0 Å². The Morgan fingerprint density at radius 2 is 1.69 bits per heavy atom. The number of hydrogen-bond donors (Lipinski definition) is 0. The van der Waals surface area contributed by atoms with Gasteiger partial charge in [0.15, 0.2) is 17.3 Å². The smallest absolute Gasteiger partial charge is 0.189 e. The number of hydrogen-bond acceptors (Lipinski definition) is 2. The van der Waals surface area contributed by atoms with E-state index in [0.717, 1.165) is 0 Å². The highest BCUT2D eigenvalue weighted by Crippen LogP contribution is 2.19. The van der Waals surface area contributed by atoms with Crippen molar-refractivity contribution >= 4 is 11.6 Å². The van der Waals surface area contributed by atoms with Crippen LogP contribution in [0.2, 0.25) is 0 Å². The summed E-state index contributed by atoms with van der Waals surface area (Å²) in [6.45, 7) is 2.70. The molecule has 0 aliphatic carbocycles. The van der Waals surface area contributed by atoms with Gasteiger partial charge in [-0.1, -0.05) is 0 Å².